The fourth-order valence-corrected chi connectivity index (χ4v) is 7.55. The predicted molar refractivity (Wildman–Crippen MR) is 269 cm³/mol. The van der Waals surface area contributed by atoms with E-state index in [0.29, 0.717) is 72.3 Å². The second kappa shape index (κ2) is 26.5. The van der Waals surface area contributed by atoms with Gasteiger partial charge in [-0.2, -0.15) is 0 Å². The Morgan fingerprint density at radius 1 is 0.623 bits per heavy atom. The summed E-state index contributed by atoms with van der Waals surface area (Å²) < 4.78 is 3.37. The largest absolute Gasteiger partial charge is 0.347 e. The number of nitrogens with one attached hydrogen (secondary N) is 6. The molecule has 5 rings (SSSR count). The molecular weight excluding hydrogens is 879 g/mol. The van der Waals surface area contributed by atoms with E-state index in [0.717, 1.165) is 24.0 Å². The standard InChI is InChI=1S/C49H63N9O8.C3H8/c1-30(2)12-11-14-43(60)52-38-25-41(57(7)29-38)48(65)54-35-17-15-33(16-18-35)34-24-40(56(6)28-34)47(64)55-37-21-19-36(20-22-37)53-46(63)32(5)51-44(61)27-50-42(59)13-9-8-10-23-58-45(62)26-39(31(3)4)49(58)66;1-3-2/h15-22,24-25,28-32,39H,8-14,23,26-27H2,1-7H3,(H,50,59)(H,51,61)(H,52,60)(H,53,63)(H,54,65)(H,55,64);3H2,1-2H3. The number of anilines is 4. The number of nitrogens with zero attached hydrogens (tertiary/aromatic N) is 3. The third-order valence-corrected chi connectivity index (χ3v) is 11.4. The summed E-state index contributed by atoms with van der Waals surface area (Å²) in [5.41, 5.74) is 4.48. The first kappa shape index (κ1) is 54.6. The van der Waals surface area contributed by atoms with Crippen molar-refractivity contribution in [1.29, 1.82) is 0 Å². The third-order valence-electron chi connectivity index (χ3n) is 11.4. The Bertz CT molecular complexity index is 2420. The molecule has 0 radical (unpaired) electrons. The first-order chi connectivity index (χ1) is 32.8. The summed E-state index contributed by atoms with van der Waals surface area (Å²) in [5.74, 6) is -1.98. The number of unbranched alkanes of at least 4 members (excludes halogenated alkanes) is 2. The highest BCUT2D eigenvalue weighted by Crippen LogP contribution is 2.28. The van der Waals surface area contributed by atoms with Gasteiger partial charge in [0.05, 0.1) is 12.2 Å². The van der Waals surface area contributed by atoms with Crippen LogP contribution in [-0.4, -0.2) is 80.4 Å². The van der Waals surface area contributed by atoms with Crippen LogP contribution in [0.2, 0.25) is 0 Å². The summed E-state index contributed by atoms with van der Waals surface area (Å²) in [7, 11) is 3.51. The van der Waals surface area contributed by atoms with E-state index in [1.807, 2.05) is 32.2 Å². The van der Waals surface area contributed by atoms with Gasteiger partial charge in [0.15, 0.2) is 0 Å². The van der Waals surface area contributed by atoms with Crippen molar-refractivity contribution in [1.82, 2.24) is 24.7 Å². The van der Waals surface area contributed by atoms with Crippen LogP contribution in [0.15, 0.2) is 73.1 Å². The molecule has 2 atom stereocenters. The summed E-state index contributed by atoms with van der Waals surface area (Å²) in [6.45, 7) is 13.9. The van der Waals surface area contributed by atoms with E-state index in [9.17, 15) is 38.4 Å². The molecule has 69 heavy (non-hydrogen) atoms. The van der Waals surface area contributed by atoms with Crippen molar-refractivity contribution < 1.29 is 38.4 Å². The lowest BCUT2D eigenvalue weighted by molar-refractivity contribution is -0.140. The molecule has 2 aromatic carbocycles. The van der Waals surface area contributed by atoms with Gasteiger partial charge in [-0.05, 0) is 92.1 Å². The molecule has 1 aliphatic rings. The molecule has 2 aromatic heterocycles. The average Bonchev–Trinajstić information content (AvgIpc) is 3.96. The van der Waals surface area contributed by atoms with Crippen LogP contribution in [0.25, 0.3) is 11.1 Å². The minimum absolute atomic E-state index is 0.0857. The van der Waals surface area contributed by atoms with Gasteiger partial charge in [0.25, 0.3) is 11.8 Å². The van der Waals surface area contributed by atoms with Crippen molar-refractivity contribution in [3.63, 3.8) is 0 Å². The summed E-state index contributed by atoms with van der Waals surface area (Å²) in [6.07, 6.45) is 9.19. The van der Waals surface area contributed by atoms with Crippen LogP contribution in [0.5, 0.6) is 0 Å². The zero-order valence-electron chi connectivity index (χ0n) is 41.6. The number of amides is 8. The van der Waals surface area contributed by atoms with Gasteiger partial charge in [-0.3, -0.25) is 43.3 Å². The monoisotopic (exact) mass is 950 g/mol. The average molecular weight is 950 g/mol. The van der Waals surface area contributed by atoms with Gasteiger partial charge < -0.3 is 41.0 Å². The van der Waals surface area contributed by atoms with Gasteiger partial charge >= 0.3 is 0 Å². The topological polar surface area (TPSA) is 222 Å². The van der Waals surface area contributed by atoms with Crippen LogP contribution >= 0.6 is 0 Å². The molecule has 0 saturated carbocycles. The number of hydrogen-bond donors (Lipinski definition) is 6. The molecule has 1 saturated heterocycles. The molecule has 3 heterocycles. The third kappa shape index (κ3) is 16.9. The van der Waals surface area contributed by atoms with Crippen LogP contribution in [0.4, 0.5) is 22.7 Å². The number of carbonyl (C=O) groups is 8. The maximum Gasteiger partial charge on any atom is 0.272 e. The number of carbonyl (C=O) groups excluding carboxylic acids is 8. The number of aryl methyl sites for hydroxylation is 2. The van der Waals surface area contributed by atoms with Gasteiger partial charge in [-0.25, -0.2) is 0 Å². The normalized spacial score (nSPS) is 13.7. The van der Waals surface area contributed by atoms with Crippen molar-refractivity contribution in [3.8, 4) is 11.1 Å². The molecule has 0 spiro atoms. The molecule has 4 aromatic rings. The highest BCUT2D eigenvalue weighted by molar-refractivity contribution is 6.06. The summed E-state index contributed by atoms with van der Waals surface area (Å²) in [5, 5.41) is 16.5. The molecule has 8 amide bonds. The Hall–Kier alpha value is -7.04. The number of benzene rings is 2. The highest BCUT2D eigenvalue weighted by atomic mass is 16.2. The maximum absolute atomic E-state index is 13.3. The van der Waals surface area contributed by atoms with Crippen LogP contribution in [0.3, 0.4) is 0 Å². The lowest BCUT2D eigenvalue weighted by Gasteiger charge is -2.16. The molecular formula is C52H71N9O8. The molecule has 372 valence electrons. The molecule has 0 aliphatic carbocycles. The Kier molecular flexibility index (Phi) is 20.9. The van der Waals surface area contributed by atoms with E-state index in [2.05, 4.69) is 59.6 Å². The van der Waals surface area contributed by atoms with Crippen LogP contribution < -0.4 is 31.9 Å². The van der Waals surface area contributed by atoms with Crippen molar-refractivity contribution >= 4 is 70.0 Å². The summed E-state index contributed by atoms with van der Waals surface area (Å²) in [6, 6.07) is 16.2. The Labute approximate surface area is 405 Å². The molecule has 17 heteroatoms. The Morgan fingerprint density at radius 2 is 1.17 bits per heavy atom. The molecule has 1 aliphatic heterocycles. The number of likely N-dealkylation sites (tertiary alicyclic amines) is 1. The lowest BCUT2D eigenvalue weighted by Crippen LogP contribution is -2.45. The molecule has 0 bridgehead atoms. The van der Waals surface area contributed by atoms with Crippen LogP contribution in [0.1, 0.15) is 127 Å². The zero-order valence-corrected chi connectivity index (χ0v) is 41.6. The quantitative estimate of drug-likeness (QED) is 0.0335. The van der Waals surface area contributed by atoms with Gasteiger partial charge in [0.1, 0.15) is 17.4 Å². The first-order valence-corrected chi connectivity index (χ1v) is 24.0. The second-order valence-electron chi connectivity index (χ2n) is 18.4. The van der Waals surface area contributed by atoms with Crippen LogP contribution in [0, 0.1) is 17.8 Å². The van der Waals surface area contributed by atoms with E-state index in [1.165, 1.54) is 18.2 Å². The summed E-state index contributed by atoms with van der Waals surface area (Å²) >= 11 is 0. The predicted octanol–water partition coefficient (Wildman–Crippen LogP) is 7.87. The second-order valence-corrected chi connectivity index (χ2v) is 18.4. The number of hydrogen-bond acceptors (Lipinski definition) is 8. The number of aromatic nitrogens is 2. The van der Waals surface area contributed by atoms with Gasteiger partial charge in [-0.15, -0.1) is 0 Å². The van der Waals surface area contributed by atoms with E-state index in [-0.39, 0.29) is 66.7 Å². The maximum atomic E-state index is 13.3. The van der Waals surface area contributed by atoms with E-state index >= 15 is 0 Å². The van der Waals surface area contributed by atoms with E-state index in [4.69, 9.17) is 0 Å². The van der Waals surface area contributed by atoms with Gasteiger partial charge in [-0.1, -0.05) is 72.9 Å². The first-order valence-electron chi connectivity index (χ1n) is 24.0. The van der Waals surface area contributed by atoms with Crippen molar-refractivity contribution in [3.05, 3.63) is 84.4 Å². The van der Waals surface area contributed by atoms with Crippen molar-refractivity contribution in [2.24, 2.45) is 31.8 Å². The van der Waals surface area contributed by atoms with Gasteiger partial charge in [0.2, 0.25) is 35.4 Å². The van der Waals surface area contributed by atoms with E-state index in [1.54, 1.807) is 78.0 Å². The fraction of sp³-hybridized carbons (Fsp3) is 0.462. The van der Waals surface area contributed by atoms with Gasteiger partial charge in [0, 0.05) is 80.8 Å². The molecule has 1 fully saturated rings. The summed E-state index contributed by atoms with van der Waals surface area (Å²) in [4.78, 5) is 102. The molecule has 6 N–H and O–H groups in total. The van der Waals surface area contributed by atoms with Crippen molar-refractivity contribution in [2.75, 3.05) is 34.4 Å². The zero-order chi connectivity index (χ0) is 50.8. The SMILES string of the molecule is CC(C)CCCC(=O)Nc1cc(C(=O)Nc2ccc(-c3cc(C(=O)Nc4ccc(NC(=O)C(C)NC(=O)CNC(=O)CCCCCN5C(=O)CC(C(C)C)C5=O)cc4)n(C)c3)cc2)n(C)c1.CCC. The van der Waals surface area contributed by atoms with Crippen molar-refractivity contribution in [2.45, 2.75) is 112 Å². The minimum Gasteiger partial charge on any atom is -0.347 e. The number of imide groups is 1. The molecule has 2 unspecified atom stereocenters. The Balaban J connectivity index is 0.00000336. The minimum atomic E-state index is -0.907. The van der Waals surface area contributed by atoms with Crippen LogP contribution in [-0.2, 0) is 42.9 Å². The van der Waals surface area contributed by atoms with E-state index < -0.39 is 17.9 Å². The Morgan fingerprint density at radius 3 is 1.75 bits per heavy atom. The highest BCUT2D eigenvalue weighted by Gasteiger charge is 2.39. The fourth-order valence-electron chi connectivity index (χ4n) is 7.55. The lowest BCUT2D eigenvalue weighted by atomic mass is 9.94. The molecule has 17 nitrogen and oxygen atoms in total. The number of rotatable bonds is 22. The smallest absolute Gasteiger partial charge is 0.272 e.